The third kappa shape index (κ3) is 4.62. The molecule has 1 heterocycles. The van der Waals surface area contributed by atoms with Crippen molar-refractivity contribution in [2.24, 2.45) is 13.0 Å². The number of carbonyl (C=O) groups excluding carboxylic acids is 1. The van der Waals surface area contributed by atoms with Crippen LogP contribution in [0.25, 0.3) is 0 Å². The molecule has 1 atom stereocenters. The van der Waals surface area contributed by atoms with Crippen LogP contribution in [-0.4, -0.2) is 22.8 Å². The second-order valence-electron chi connectivity index (χ2n) is 6.84. The minimum Gasteiger partial charge on any atom is -0.497 e. The number of hydrogen-bond acceptors (Lipinski definition) is 3. The van der Waals surface area contributed by atoms with E-state index in [0.717, 1.165) is 22.7 Å². The second-order valence-corrected chi connectivity index (χ2v) is 6.84. The molecule has 5 nitrogen and oxygen atoms in total. The van der Waals surface area contributed by atoms with Crippen molar-refractivity contribution in [3.63, 3.8) is 0 Å². The summed E-state index contributed by atoms with van der Waals surface area (Å²) in [7, 11) is 3.59. The molecule has 0 aliphatic rings. The van der Waals surface area contributed by atoms with E-state index >= 15 is 0 Å². The zero-order valence-electron chi connectivity index (χ0n) is 16.1. The minimum atomic E-state index is -0.00509. The Bertz CT molecular complexity index is 717. The predicted octanol–water partition coefficient (Wildman–Crippen LogP) is 3.49. The fourth-order valence-electron chi connectivity index (χ4n) is 3.11. The van der Waals surface area contributed by atoms with Crippen LogP contribution in [0, 0.1) is 19.8 Å². The van der Waals surface area contributed by atoms with Gasteiger partial charge in [0.15, 0.2) is 0 Å². The lowest BCUT2D eigenvalue weighted by atomic mass is 9.95. The zero-order valence-corrected chi connectivity index (χ0v) is 16.1. The maximum absolute atomic E-state index is 12.5. The molecule has 136 valence electrons. The molecule has 0 spiro atoms. The number of amides is 1. The second kappa shape index (κ2) is 8.19. The van der Waals surface area contributed by atoms with Gasteiger partial charge < -0.3 is 10.1 Å². The van der Waals surface area contributed by atoms with Crippen molar-refractivity contribution < 1.29 is 9.53 Å². The molecule has 5 heteroatoms. The molecule has 0 fully saturated rings. The van der Waals surface area contributed by atoms with Crippen molar-refractivity contribution >= 4 is 5.91 Å². The molecular formula is C20H29N3O2. The summed E-state index contributed by atoms with van der Waals surface area (Å²) in [5.41, 5.74) is 4.39. The van der Waals surface area contributed by atoms with E-state index < -0.39 is 0 Å². The normalized spacial score (nSPS) is 12.3. The van der Waals surface area contributed by atoms with Gasteiger partial charge in [-0.2, -0.15) is 5.10 Å². The average Bonchev–Trinajstić information content (AvgIpc) is 2.83. The van der Waals surface area contributed by atoms with Crippen molar-refractivity contribution in [3.8, 4) is 5.75 Å². The average molecular weight is 343 g/mol. The molecule has 25 heavy (non-hydrogen) atoms. The minimum absolute atomic E-state index is 0.00509. The number of benzene rings is 1. The molecule has 0 bridgehead atoms. The first-order chi connectivity index (χ1) is 11.8. The van der Waals surface area contributed by atoms with Gasteiger partial charge in [-0.05, 0) is 49.4 Å². The van der Waals surface area contributed by atoms with Gasteiger partial charge in [-0.1, -0.05) is 26.0 Å². The highest BCUT2D eigenvalue weighted by atomic mass is 16.5. The Labute approximate surface area is 150 Å². The number of hydrogen-bond donors (Lipinski definition) is 1. The van der Waals surface area contributed by atoms with Crippen LogP contribution in [0.1, 0.15) is 48.8 Å². The van der Waals surface area contributed by atoms with E-state index in [1.165, 1.54) is 5.56 Å². The summed E-state index contributed by atoms with van der Waals surface area (Å²) in [6, 6.07) is 7.88. The number of methoxy groups -OCH3 is 1. The smallest absolute Gasteiger partial charge is 0.220 e. The fraction of sp³-hybridized carbons (Fsp3) is 0.500. The van der Waals surface area contributed by atoms with Crippen LogP contribution in [0.3, 0.4) is 0 Å². The summed E-state index contributed by atoms with van der Waals surface area (Å²) < 4.78 is 7.08. The lowest BCUT2D eigenvalue weighted by Crippen LogP contribution is -2.31. The molecule has 0 aliphatic carbocycles. The Hall–Kier alpha value is -2.30. The lowest BCUT2D eigenvalue weighted by molar-refractivity contribution is -0.122. The third-order valence-corrected chi connectivity index (χ3v) is 4.72. The SMILES string of the molecule is COc1ccc(C(NC(=O)CCc2c(C)nn(C)c2C)C(C)C)cc1. The predicted molar refractivity (Wildman–Crippen MR) is 99.7 cm³/mol. The summed E-state index contributed by atoms with van der Waals surface area (Å²) in [6.07, 6.45) is 1.18. The first kappa shape index (κ1) is 19.0. The number of aryl methyl sites for hydroxylation is 2. The quantitative estimate of drug-likeness (QED) is 0.837. The molecule has 0 saturated carbocycles. The molecule has 1 N–H and O–H groups in total. The van der Waals surface area contributed by atoms with Gasteiger partial charge in [-0.3, -0.25) is 9.48 Å². The van der Waals surface area contributed by atoms with E-state index in [0.29, 0.717) is 18.8 Å². The summed E-state index contributed by atoms with van der Waals surface area (Å²) in [4.78, 5) is 12.5. The van der Waals surface area contributed by atoms with Gasteiger partial charge in [-0.25, -0.2) is 0 Å². The summed E-state index contributed by atoms with van der Waals surface area (Å²) in [5.74, 6) is 1.19. The molecule has 2 rings (SSSR count). The van der Waals surface area contributed by atoms with Crippen molar-refractivity contribution in [3.05, 3.63) is 46.8 Å². The van der Waals surface area contributed by atoms with E-state index in [4.69, 9.17) is 4.74 Å². The Morgan fingerprint density at radius 3 is 2.36 bits per heavy atom. The van der Waals surface area contributed by atoms with E-state index in [-0.39, 0.29) is 11.9 Å². The van der Waals surface area contributed by atoms with Crippen molar-refractivity contribution in [1.82, 2.24) is 15.1 Å². The van der Waals surface area contributed by atoms with Crippen LogP contribution in [0.2, 0.25) is 0 Å². The van der Waals surface area contributed by atoms with Crippen molar-refractivity contribution in [1.29, 1.82) is 0 Å². The van der Waals surface area contributed by atoms with Crippen LogP contribution in [0.15, 0.2) is 24.3 Å². The number of nitrogens with zero attached hydrogens (tertiary/aromatic N) is 2. The molecule has 0 saturated heterocycles. The van der Waals surface area contributed by atoms with Gasteiger partial charge in [0.2, 0.25) is 5.91 Å². The van der Waals surface area contributed by atoms with Gasteiger partial charge in [0.25, 0.3) is 0 Å². The number of ether oxygens (including phenoxy) is 1. The Morgan fingerprint density at radius 2 is 1.88 bits per heavy atom. The summed E-state index contributed by atoms with van der Waals surface area (Å²) in [6.45, 7) is 8.27. The molecule has 2 aromatic rings. The van der Waals surface area contributed by atoms with Crippen LogP contribution in [0.5, 0.6) is 5.75 Å². The third-order valence-electron chi connectivity index (χ3n) is 4.72. The summed E-state index contributed by atoms with van der Waals surface area (Å²) >= 11 is 0. The highest BCUT2D eigenvalue weighted by Crippen LogP contribution is 2.24. The van der Waals surface area contributed by atoms with Crippen molar-refractivity contribution in [2.45, 2.75) is 46.6 Å². The Kier molecular flexibility index (Phi) is 6.23. The van der Waals surface area contributed by atoms with E-state index in [1.54, 1.807) is 7.11 Å². The molecular weight excluding hydrogens is 314 g/mol. The Balaban J connectivity index is 2.02. The van der Waals surface area contributed by atoms with Gasteiger partial charge >= 0.3 is 0 Å². The monoisotopic (exact) mass is 343 g/mol. The van der Waals surface area contributed by atoms with Crippen molar-refractivity contribution in [2.75, 3.05) is 7.11 Å². The van der Waals surface area contributed by atoms with Crippen LogP contribution >= 0.6 is 0 Å². The number of aromatic nitrogens is 2. The molecule has 0 radical (unpaired) electrons. The first-order valence-corrected chi connectivity index (χ1v) is 8.75. The van der Waals surface area contributed by atoms with Gasteiger partial charge in [0.1, 0.15) is 5.75 Å². The Morgan fingerprint density at radius 1 is 1.24 bits per heavy atom. The largest absolute Gasteiger partial charge is 0.497 e. The van der Waals surface area contributed by atoms with Crippen LogP contribution in [0.4, 0.5) is 0 Å². The highest BCUT2D eigenvalue weighted by Gasteiger charge is 2.19. The maximum Gasteiger partial charge on any atom is 0.220 e. The topological polar surface area (TPSA) is 56.1 Å². The standard InChI is InChI=1S/C20H29N3O2/c1-13(2)20(16-7-9-17(25-6)10-8-16)21-19(24)12-11-18-14(3)22-23(5)15(18)4/h7-10,13,20H,11-12H2,1-6H3,(H,21,24). The highest BCUT2D eigenvalue weighted by molar-refractivity contribution is 5.76. The van der Waals surface area contributed by atoms with E-state index in [2.05, 4.69) is 24.3 Å². The molecule has 1 aromatic carbocycles. The number of carbonyl (C=O) groups is 1. The summed E-state index contributed by atoms with van der Waals surface area (Å²) in [5, 5.41) is 7.59. The molecule has 1 aromatic heterocycles. The van der Waals surface area contributed by atoms with Crippen LogP contribution < -0.4 is 10.1 Å². The van der Waals surface area contributed by atoms with Gasteiger partial charge in [-0.15, -0.1) is 0 Å². The molecule has 1 unspecified atom stereocenters. The van der Waals surface area contributed by atoms with Gasteiger partial charge in [0.05, 0.1) is 18.8 Å². The van der Waals surface area contributed by atoms with E-state index in [9.17, 15) is 4.79 Å². The number of nitrogens with one attached hydrogen (secondary N) is 1. The molecule has 0 aliphatic heterocycles. The lowest BCUT2D eigenvalue weighted by Gasteiger charge is -2.23. The fourth-order valence-corrected chi connectivity index (χ4v) is 3.11. The number of rotatable bonds is 7. The van der Waals surface area contributed by atoms with Gasteiger partial charge in [0, 0.05) is 19.2 Å². The zero-order chi connectivity index (χ0) is 18.6. The van der Waals surface area contributed by atoms with E-state index in [1.807, 2.05) is 49.8 Å². The van der Waals surface area contributed by atoms with Crippen LogP contribution in [-0.2, 0) is 18.3 Å². The maximum atomic E-state index is 12.5. The molecule has 1 amide bonds. The first-order valence-electron chi connectivity index (χ1n) is 8.75.